The van der Waals surface area contributed by atoms with Crippen LogP contribution in [0, 0.1) is 6.92 Å². The van der Waals surface area contributed by atoms with Crippen molar-refractivity contribution in [1.29, 1.82) is 0 Å². The Kier molecular flexibility index (Phi) is 3.90. The summed E-state index contributed by atoms with van der Waals surface area (Å²) < 4.78 is 24.5. The first-order valence-electron chi connectivity index (χ1n) is 5.63. The summed E-state index contributed by atoms with van der Waals surface area (Å²) in [5.41, 5.74) is 2.14. The monoisotopic (exact) mass is 318 g/mol. The minimum atomic E-state index is -3.91. The lowest BCUT2D eigenvalue weighted by atomic mass is 10.2. The van der Waals surface area contributed by atoms with Crippen molar-refractivity contribution in [1.82, 2.24) is 9.78 Å². The average Bonchev–Trinajstić information content (AvgIpc) is 2.67. The molecule has 0 saturated carbocycles. The fraction of sp³-hybridized carbons (Fsp3) is 0.250. The fourth-order valence-electron chi connectivity index (χ4n) is 1.75. The van der Waals surface area contributed by atoms with Crippen LogP contribution in [0.4, 0.5) is 0 Å². The highest BCUT2D eigenvalue weighted by molar-refractivity contribution is 8.13. The van der Waals surface area contributed by atoms with Gasteiger partial charge in [0, 0.05) is 10.7 Å². The van der Waals surface area contributed by atoms with Gasteiger partial charge in [-0.25, -0.2) is 13.1 Å². The predicted octanol–water partition coefficient (Wildman–Crippen LogP) is 3.32. The fourth-order valence-corrected chi connectivity index (χ4v) is 3.66. The second kappa shape index (κ2) is 5.15. The topological polar surface area (TPSA) is 52.0 Å². The van der Waals surface area contributed by atoms with E-state index < -0.39 is 9.05 Å². The van der Waals surface area contributed by atoms with Crippen molar-refractivity contribution in [2.75, 3.05) is 0 Å². The Morgan fingerprint density at radius 3 is 2.26 bits per heavy atom. The Balaban J connectivity index is 2.67. The number of benzene rings is 1. The zero-order valence-corrected chi connectivity index (χ0v) is 12.7. The molecule has 1 aromatic heterocycles. The number of nitrogens with zero attached hydrogens (tertiary/aromatic N) is 2. The third-order valence-electron chi connectivity index (χ3n) is 2.71. The molecule has 2 aromatic rings. The van der Waals surface area contributed by atoms with E-state index in [1.54, 1.807) is 6.92 Å². The van der Waals surface area contributed by atoms with Crippen molar-refractivity contribution in [2.45, 2.75) is 25.2 Å². The van der Waals surface area contributed by atoms with Crippen LogP contribution in [0.5, 0.6) is 0 Å². The molecule has 2 rings (SSSR count). The van der Waals surface area contributed by atoms with E-state index in [0.717, 1.165) is 5.56 Å². The first-order chi connectivity index (χ1) is 8.84. The molecule has 7 heteroatoms. The van der Waals surface area contributed by atoms with Crippen molar-refractivity contribution in [3.05, 3.63) is 40.7 Å². The summed E-state index contributed by atoms with van der Waals surface area (Å²) in [4.78, 5) is -0.112. The molecule has 0 N–H and O–H groups in total. The predicted molar refractivity (Wildman–Crippen MR) is 75.7 cm³/mol. The van der Waals surface area contributed by atoms with E-state index in [1.807, 2.05) is 31.2 Å². The quantitative estimate of drug-likeness (QED) is 0.816. The number of halogens is 2. The molecular weight excluding hydrogens is 307 g/mol. The minimum Gasteiger partial charge on any atom is -0.221 e. The van der Waals surface area contributed by atoms with Crippen molar-refractivity contribution in [2.24, 2.45) is 0 Å². The van der Waals surface area contributed by atoms with Gasteiger partial charge in [-0.15, -0.1) is 0 Å². The van der Waals surface area contributed by atoms with Crippen LogP contribution in [0.25, 0.3) is 5.69 Å². The molecule has 4 nitrogen and oxygen atoms in total. The molecule has 1 heterocycles. The molecule has 0 bridgehead atoms. The lowest BCUT2D eigenvalue weighted by molar-refractivity contribution is 0.608. The first-order valence-corrected chi connectivity index (χ1v) is 8.32. The normalized spacial score (nSPS) is 11.8. The highest BCUT2D eigenvalue weighted by Gasteiger charge is 2.25. The van der Waals surface area contributed by atoms with Crippen molar-refractivity contribution >= 4 is 31.3 Å². The van der Waals surface area contributed by atoms with E-state index in [0.29, 0.717) is 17.8 Å². The van der Waals surface area contributed by atoms with Crippen LogP contribution in [-0.4, -0.2) is 18.2 Å². The van der Waals surface area contributed by atoms with Crippen LogP contribution in [0.2, 0.25) is 5.15 Å². The van der Waals surface area contributed by atoms with Gasteiger partial charge in [0.05, 0.1) is 11.4 Å². The molecule has 0 spiro atoms. The van der Waals surface area contributed by atoms with Crippen molar-refractivity contribution in [3.63, 3.8) is 0 Å². The zero-order valence-electron chi connectivity index (χ0n) is 10.4. The van der Waals surface area contributed by atoms with Gasteiger partial charge in [0.1, 0.15) is 4.90 Å². The van der Waals surface area contributed by atoms with E-state index >= 15 is 0 Å². The maximum Gasteiger partial charge on any atom is 0.266 e. The molecule has 0 amide bonds. The number of rotatable bonds is 3. The number of aromatic nitrogens is 2. The molecule has 0 aliphatic carbocycles. The van der Waals surface area contributed by atoms with E-state index in [-0.39, 0.29) is 10.0 Å². The average molecular weight is 319 g/mol. The van der Waals surface area contributed by atoms with E-state index in [2.05, 4.69) is 5.10 Å². The highest BCUT2D eigenvalue weighted by Crippen LogP contribution is 2.30. The third-order valence-corrected chi connectivity index (χ3v) is 4.55. The molecule has 19 heavy (non-hydrogen) atoms. The summed E-state index contributed by atoms with van der Waals surface area (Å²) in [6, 6.07) is 7.43. The van der Waals surface area contributed by atoms with Gasteiger partial charge < -0.3 is 0 Å². The van der Waals surface area contributed by atoms with Gasteiger partial charge in [-0.1, -0.05) is 36.2 Å². The lowest BCUT2D eigenvalue weighted by Gasteiger charge is -2.03. The SMILES string of the molecule is CCc1nn(-c2ccc(C)cc2)c(Cl)c1S(=O)(=O)Cl. The number of aryl methyl sites for hydroxylation is 2. The Labute approximate surface area is 121 Å². The molecule has 0 atom stereocenters. The Morgan fingerprint density at radius 2 is 1.84 bits per heavy atom. The minimum absolute atomic E-state index is 0.00991. The van der Waals surface area contributed by atoms with Crippen LogP contribution >= 0.6 is 22.3 Å². The summed E-state index contributed by atoms with van der Waals surface area (Å²) in [5, 5.41) is 4.23. The lowest BCUT2D eigenvalue weighted by Crippen LogP contribution is -1.97. The van der Waals surface area contributed by atoms with Crippen LogP contribution in [0.15, 0.2) is 29.2 Å². The van der Waals surface area contributed by atoms with Crippen LogP contribution < -0.4 is 0 Å². The van der Waals surface area contributed by atoms with Crippen molar-refractivity contribution in [3.8, 4) is 5.69 Å². The molecule has 0 aliphatic rings. The maximum atomic E-state index is 11.6. The van der Waals surface area contributed by atoms with Gasteiger partial charge >= 0.3 is 0 Å². The molecule has 0 radical (unpaired) electrons. The van der Waals surface area contributed by atoms with Gasteiger partial charge in [-0.3, -0.25) is 0 Å². The first kappa shape index (κ1) is 14.4. The molecular formula is C12H12Cl2N2O2S. The standard InChI is InChI=1S/C12H12Cl2N2O2S/c1-3-10-11(19(14,17)18)12(13)16(15-10)9-6-4-8(2)5-7-9/h4-7H,3H2,1-2H3. The number of hydrogen-bond acceptors (Lipinski definition) is 3. The summed E-state index contributed by atoms with van der Waals surface area (Å²) >= 11 is 6.10. The Bertz CT molecular complexity index is 706. The largest absolute Gasteiger partial charge is 0.266 e. The molecule has 0 unspecified atom stereocenters. The van der Waals surface area contributed by atoms with E-state index in [9.17, 15) is 8.42 Å². The van der Waals surface area contributed by atoms with Gasteiger partial charge in [0.25, 0.3) is 9.05 Å². The van der Waals surface area contributed by atoms with Crippen LogP contribution in [-0.2, 0) is 15.5 Å². The smallest absolute Gasteiger partial charge is 0.221 e. The van der Waals surface area contributed by atoms with Gasteiger partial charge in [0.15, 0.2) is 5.15 Å². The second-order valence-electron chi connectivity index (χ2n) is 4.11. The van der Waals surface area contributed by atoms with Crippen LogP contribution in [0.3, 0.4) is 0 Å². The van der Waals surface area contributed by atoms with E-state index in [4.69, 9.17) is 22.3 Å². The summed E-state index contributed by atoms with van der Waals surface area (Å²) in [6.45, 7) is 3.75. The summed E-state index contributed by atoms with van der Waals surface area (Å²) in [5.74, 6) is 0. The third kappa shape index (κ3) is 2.78. The van der Waals surface area contributed by atoms with Crippen molar-refractivity contribution < 1.29 is 8.42 Å². The number of hydrogen-bond donors (Lipinski definition) is 0. The summed E-state index contributed by atoms with van der Waals surface area (Å²) in [7, 11) is 1.49. The molecule has 0 aliphatic heterocycles. The second-order valence-corrected chi connectivity index (χ2v) is 6.97. The van der Waals surface area contributed by atoms with Crippen LogP contribution in [0.1, 0.15) is 18.2 Å². The van der Waals surface area contributed by atoms with Gasteiger partial charge in [-0.2, -0.15) is 5.10 Å². The highest BCUT2D eigenvalue weighted by atomic mass is 35.7. The maximum absolute atomic E-state index is 11.6. The molecule has 0 fully saturated rings. The zero-order chi connectivity index (χ0) is 14.2. The summed E-state index contributed by atoms with van der Waals surface area (Å²) in [6.07, 6.45) is 0.430. The van der Waals surface area contributed by atoms with Gasteiger partial charge in [-0.05, 0) is 25.5 Å². The molecule has 0 saturated heterocycles. The Hall–Kier alpha value is -1.04. The molecule has 1 aromatic carbocycles. The Morgan fingerprint density at radius 1 is 1.26 bits per heavy atom. The van der Waals surface area contributed by atoms with Gasteiger partial charge in [0.2, 0.25) is 0 Å². The molecule has 102 valence electrons. The van der Waals surface area contributed by atoms with E-state index in [1.165, 1.54) is 4.68 Å².